The Balaban J connectivity index is 1.62. The van der Waals surface area contributed by atoms with E-state index in [0.29, 0.717) is 32.9 Å². The summed E-state index contributed by atoms with van der Waals surface area (Å²) in [4.78, 5) is 14.8. The van der Waals surface area contributed by atoms with Crippen molar-refractivity contribution in [2.75, 3.05) is 17.0 Å². The molecule has 1 atom stereocenters. The highest BCUT2D eigenvalue weighted by Gasteiger charge is 2.40. The Labute approximate surface area is 231 Å². The Morgan fingerprint density at radius 2 is 1.50 bits per heavy atom. The highest BCUT2D eigenvalue weighted by molar-refractivity contribution is 6.44. The first-order valence-electron chi connectivity index (χ1n) is 12.0. The topological polar surface area (TPSA) is 54.4 Å². The molecule has 0 saturated heterocycles. The maximum Gasteiger partial charge on any atom is 0.198 e. The van der Waals surface area contributed by atoms with Gasteiger partial charge in [-0.1, -0.05) is 65.7 Å². The number of benzene rings is 4. The van der Waals surface area contributed by atoms with Gasteiger partial charge in [-0.3, -0.25) is 9.69 Å². The minimum atomic E-state index is -0.511. The van der Waals surface area contributed by atoms with Crippen LogP contribution in [0.5, 0.6) is 11.5 Å². The van der Waals surface area contributed by atoms with E-state index >= 15 is 0 Å². The lowest BCUT2D eigenvalue weighted by molar-refractivity contribution is -0.111. The summed E-state index contributed by atoms with van der Waals surface area (Å²) in [6, 6.07) is 30.3. The van der Waals surface area contributed by atoms with Crippen LogP contribution < -0.4 is 19.4 Å². The zero-order valence-corrected chi connectivity index (χ0v) is 22.4. The molecule has 0 aromatic heterocycles. The van der Waals surface area contributed by atoms with E-state index in [-0.39, 0.29) is 12.4 Å². The summed E-state index contributed by atoms with van der Waals surface area (Å²) in [5.74, 6) is 1.48. The van der Waals surface area contributed by atoms with Crippen LogP contribution in [-0.2, 0) is 11.4 Å². The number of amidine groups is 1. The Hall–Kier alpha value is -4.00. The van der Waals surface area contributed by atoms with Gasteiger partial charge in [0.15, 0.2) is 17.8 Å². The first-order chi connectivity index (χ1) is 18.5. The number of carbonyl (C=O) groups excluding carboxylic acids is 1. The van der Waals surface area contributed by atoms with Crippen molar-refractivity contribution in [1.29, 1.82) is 0 Å². The van der Waals surface area contributed by atoms with Crippen LogP contribution in [0.3, 0.4) is 0 Å². The molecule has 5 rings (SSSR count). The van der Waals surface area contributed by atoms with Crippen LogP contribution in [-0.4, -0.2) is 18.7 Å². The van der Waals surface area contributed by atoms with Gasteiger partial charge < -0.3 is 9.47 Å². The maximum atomic E-state index is 12.9. The Kier molecular flexibility index (Phi) is 7.54. The van der Waals surface area contributed by atoms with Crippen LogP contribution in [0.4, 0.5) is 11.4 Å². The minimum absolute atomic E-state index is 0.162. The third-order valence-electron chi connectivity index (χ3n) is 6.22. The number of hydrogen-bond donors (Lipinski definition) is 0. The summed E-state index contributed by atoms with van der Waals surface area (Å²) in [5.41, 5.74) is 3.13. The number of ether oxygens (including phenoxy) is 2. The molecule has 1 aliphatic rings. The summed E-state index contributed by atoms with van der Waals surface area (Å²) in [5, 5.41) is 7.70. The number of hydrogen-bond acceptors (Lipinski definition) is 6. The fraction of sp³-hybridized carbons (Fsp3) is 0.133. The molecule has 4 aromatic carbocycles. The molecule has 0 amide bonds. The summed E-state index contributed by atoms with van der Waals surface area (Å²) < 4.78 is 11.7. The van der Waals surface area contributed by atoms with E-state index in [1.807, 2.05) is 88.8 Å². The van der Waals surface area contributed by atoms with E-state index in [1.165, 1.54) is 6.92 Å². The summed E-state index contributed by atoms with van der Waals surface area (Å²) in [6.45, 7) is 1.69. The number of ketones is 1. The molecule has 192 valence electrons. The van der Waals surface area contributed by atoms with Crippen molar-refractivity contribution < 1.29 is 14.3 Å². The van der Waals surface area contributed by atoms with Crippen molar-refractivity contribution in [3.05, 3.63) is 118 Å². The minimum Gasteiger partial charge on any atom is -0.497 e. The van der Waals surface area contributed by atoms with Crippen molar-refractivity contribution in [3.63, 3.8) is 0 Å². The SMILES string of the molecule is COc1ccc(N2C(C(C)=O)=NN(c3ccccc3)[C@H]2c2ccccc2OCc2c(Cl)cccc2Cl)cc1. The molecule has 0 aliphatic carbocycles. The molecule has 0 spiro atoms. The number of rotatable bonds is 8. The molecule has 1 aliphatic heterocycles. The molecule has 0 unspecified atom stereocenters. The molecule has 0 radical (unpaired) electrons. The van der Waals surface area contributed by atoms with Crippen molar-refractivity contribution in [2.45, 2.75) is 19.7 Å². The summed E-state index contributed by atoms with van der Waals surface area (Å²) >= 11 is 12.8. The number of para-hydroxylation sites is 2. The van der Waals surface area contributed by atoms with Gasteiger partial charge in [-0.25, -0.2) is 5.01 Å². The lowest BCUT2D eigenvalue weighted by atomic mass is 10.1. The lowest BCUT2D eigenvalue weighted by Crippen LogP contribution is -2.38. The van der Waals surface area contributed by atoms with Crippen LogP contribution in [0.15, 0.2) is 102 Å². The van der Waals surface area contributed by atoms with Gasteiger partial charge in [0.1, 0.15) is 18.1 Å². The van der Waals surface area contributed by atoms with E-state index in [0.717, 1.165) is 16.9 Å². The molecule has 0 saturated carbocycles. The van der Waals surface area contributed by atoms with Gasteiger partial charge >= 0.3 is 0 Å². The zero-order valence-electron chi connectivity index (χ0n) is 20.8. The normalized spacial score (nSPS) is 14.8. The van der Waals surface area contributed by atoms with Gasteiger partial charge in [-0.2, -0.15) is 0 Å². The van der Waals surface area contributed by atoms with Crippen LogP contribution >= 0.6 is 23.2 Å². The van der Waals surface area contributed by atoms with E-state index in [4.69, 9.17) is 37.8 Å². The van der Waals surface area contributed by atoms with Crippen molar-refractivity contribution >= 4 is 46.2 Å². The number of Topliss-reactive ketones (excluding diaryl/α,β-unsaturated/α-hetero) is 1. The van der Waals surface area contributed by atoms with E-state index < -0.39 is 6.17 Å². The molecule has 1 heterocycles. The first-order valence-corrected chi connectivity index (χ1v) is 12.7. The predicted molar refractivity (Wildman–Crippen MR) is 152 cm³/mol. The molecular weight excluding hydrogens is 521 g/mol. The molecule has 0 bridgehead atoms. The third-order valence-corrected chi connectivity index (χ3v) is 6.93. The molecule has 4 aromatic rings. The van der Waals surface area contributed by atoms with Gasteiger partial charge in [-0.05, 0) is 54.6 Å². The fourth-order valence-electron chi connectivity index (χ4n) is 4.37. The zero-order chi connectivity index (χ0) is 26.6. The molecule has 0 N–H and O–H groups in total. The summed E-state index contributed by atoms with van der Waals surface area (Å²) in [7, 11) is 1.62. The second-order valence-electron chi connectivity index (χ2n) is 8.63. The maximum absolute atomic E-state index is 12.9. The quantitative estimate of drug-likeness (QED) is 0.229. The van der Waals surface area contributed by atoms with Crippen molar-refractivity contribution in [1.82, 2.24) is 0 Å². The number of methoxy groups -OCH3 is 1. The predicted octanol–water partition coefficient (Wildman–Crippen LogP) is 7.51. The van der Waals surface area contributed by atoms with Crippen molar-refractivity contribution in [2.24, 2.45) is 5.10 Å². The van der Waals surface area contributed by atoms with Crippen LogP contribution in [0, 0.1) is 0 Å². The van der Waals surface area contributed by atoms with Gasteiger partial charge in [0.2, 0.25) is 0 Å². The standard InChI is InChI=1S/C30H25Cl2N3O3/c1-20(36)29-33-35(22-9-4-3-5-10-22)30(34(29)21-15-17-23(37-2)18-16-21)24-11-6-7-14-28(24)38-19-25-26(31)12-8-13-27(25)32/h3-18,30H,19H2,1-2H3/t30-/m0/s1. The van der Waals surface area contributed by atoms with Crippen LogP contribution in [0.2, 0.25) is 10.0 Å². The third kappa shape index (κ3) is 5.05. The van der Waals surface area contributed by atoms with Gasteiger partial charge in [0.25, 0.3) is 0 Å². The molecule has 38 heavy (non-hydrogen) atoms. The number of halogens is 2. The van der Waals surface area contributed by atoms with Crippen molar-refractivity contribution in [3.8, 4) is 11.5 Å². The highest BCUT2D eigenvalue weighted by atomic mass is 35.5. The average molecular weight is 546 g/mol. The van der Waals surface area contributed by atoms with Gasteiger partial charge in [0, 0.05) is 33.8 Å². The Morgan fingerprint density at radius 1 is 0.842 bits per heavy atom. The van der Waals surface area contributed by atoms with Crippen LogP contribution in [0.25, 0.3) is 0 Å². The second kappa shape index (κ2) is 11.2. The molecule has 8 heteroatoms. The smallest absolute Gasteiger partial charge is 0.198 e. The molecular formula is C30H25Cl2N3O3. The Bertz CT molecular complexity index is 1460. The van der Waals surface area contributed by atoms with Crippen LogP contribution in [0.1, 0.15) is 24.2 Å². The number of hydrazone groups is 1. The summed E-state index contributed by atoms with van der Waals surface area (Å²) in [6.07, 6.45) is -0.511. The largest absolute Gasteiger partial charge is 0.497 e. The fourth-order valence-corrected chi connectivity index (χ4v) is 4.88. The first kappa shape index (κ1) is 25.6. The van der Waals surface area contributed by atoms with E-state index in [1.54, 1.807) is 25.3 Å². The second-order valence-corrected chi connectivity index (χ2v) is 9.44. The van der Waals surface area contributed by atoms with Gasteiger partial charge in [0.05, 0.1) is 12.8 Å². The average Bonchev–Trinajstić information content (AvgIpc) is 3.34. The monoisotopic (exact) mass is 545 g/mol. The number of anilines is 2. The van der Waals surface area contributed by atoms with E-state index in [2.05, 4.69) is 0 Å². The van der Waals surface area contributed by atoms with Gasteiger partial charge in [-0.15, -0.1) is 5.10 Å². The van der Waals surface area contributed by atoms with E-state index in [9.17, 15) is 4.79 Å². The highest BCUT2D eigenvalue weighted by Crippen LogP contribution is 2.42. The number of nitrogens with zero attached hydrogens (tertiary/aromatic N) is 3. The Morgan fingerprint density at radius 3 is 2.16 bits per heavy atom. The molecule has 6 nitrogen and oxygen atoms in total. The molecule has 0 fully saturated rings. The lowest BCUT2D eigenvalue weighted by Gasteiger charge is -2.33. The number of carbonyl (C=O) groups is 1.